The third kappa shape index (κ3) is 2.82. The molecule has 0 aliphatic heterocycles. The predicted molar refractivity (Wildman–Crippen MR) is 60.9 cm³/mol. The molecule has 0 saturated heterocycles. The van der Waals surface area contributed by atoms with E-state index in [1.807, 2.05) is 12.5 Å². The van der Waals surface area contributed by atoms with Gasteiger partial charge in [0, 0.05) is 38.8 Å². The van der Waals surface area contributed by atoms with Crippen molar-refractivity contribution >= 4 is 5.91 Å². The zero-order valence-corrected chi connectivity index (χ0v) is 9.57. The average molecular weight is 222 g/mol. The Kier molecular flexibility index (Phi) is 3.56. The van der Waals surface area contributed by atoms with Crippen LogP contribution in [0.3, 0.4) is 0 Å². The Bertz CT molecular complexity index is 357. The Morgan fingerprint density at radius 1 is 1.62 bits per heavy atom. The lowest BCUT2D eigenvalue weighted by Crippen LogP contribution is -2.25. The third-order valence-corrected chi connectivity index (χ3v) is 2.80. The van der Waals surface area contributed by atoms with Crippen LogP contribution in [-0.4, -0.2) is 29.1 Å². The van der Waals surface area contributed by atoms with Crippen molar-refractivity contribution < 1.29 is 4.79 Å². The average Bonchev–Trinajstić information content (AvgIpc) is 3.04. The van der Waals surface area contributed by atoms with Gasteiger partial charge in [-0.05, 0) is 12.8 Å². The van der Waals surface area contributed by atoms with Crippen molar-refractivity contribution in [3.05, 3.63) is 18.2 Å². The lowest BCUT2D eigenvalue weighted by molar-refractivity contribution is -0.120. The van der Waals surface area contributed by atoms with Gasteiger partial charge in [-0.3, -0.25) is 4.79 Å². The van der Waals surface area contributed by atoms with Crippen molar-refractivity contribution in [1.29, 1.82) is 0 Å². The molecule has 2 N–H and O–H groups in total. The number of carbonyl (C=O) groups excluding carboxylic acids is 1. The van der Waals surface area contributed by atoms with Gasteiger partial charge in [-0.1, -0.05) is 0 Å². The molecule has 16 heavy (non-hydrogen) atoms. The molecular formula is C11H18N4O. The standard InChI is InChI=1S/C11H18N4O/c1-12-11(16)4-5-13-6-10-7-14-8-15(10)9-2-3-9/h7-9,13H,2-6H2,1H3,(H,12,16). The van der Waals surface area contributed by atoms with Gasteiger partial charge in [0.05, 0.1) is 12.0 Å². The molecule has 0 aromatic carbocycles. The lowest BCUT2D eigenvalue weighted by Gasteiger charge is -2.07. The first-order valence-corrected chi connectivity index (χ1v) is 5.73. The molecule has 1 aliphatic rings. The quantitative estimate of drug-likeness (QED) is 0.687. The Balaban J connectivity index is 1.72. The Labute approximate surface area is 95.2 Å². The van der Waals surface area contributed by atoms with Crippen LogP contribution >= 0.6 is 0 Å². The first-order chi connectivity index (χ1) is 7.81. The fraction of sp³-hybridized carbons (Fsp3) is 0.636. The number of hydrogen-bond acceptors (Lipinski definition) is 3. The summed E-state index contributed by atoms with van der Waals surface area (Å²) in [5, 5.41) is 5.86. The Morgan fingerprint density at radius 2 is 2.44 bits per heavy atom. The lowest BCUT2D eigenvalue weighted by atomic mass is 10.3. The fourth-order valence-electron chi connectivity index (χ4n) is 1.69. The van der Waals surface area contributed by atoms with Gasteiger partial charge in [0.25, 0.3) is 0 Å². The van der Waals surface area contributed by atoms with Crippen LogP contribution in [0.25, 0.3) is 0 Å². The van der Waals surface area contributed by atoms with Gasteiger partial charge in [-0.25, -0.2) is 4.98 Å². The molecule has 5 heteroatoms. The molecule has 1 aromatic rings. The first kappa shape index (κ1) is 11.1. The number of aromatic nitrogens is 2. The van der Waals surface area contributed by atoms with Crippen LogP contribution in [-0.2, 0) is 11.3 Å². The minimum absolute atomic E-state index is 0.0724. The smallest absolute Gasteiger partial charge is 0.221 e. The van der Waals surface area contributed by atoms with Crippen molar-refractivity contribution in [1.82, 2.24) is 20.2 Å². The molecule has 0 atom stereocenters. The van der Waals surface area contributed by atoms with Gasteiger partial charge in [-0.15, -0.1) is 0 Å². The van der Waals surface area contributed by atoms with E-state index in [9.17, 15) is 4.79 Å². The van der Waals surface area contributed by atoms with E-state index in [4.69, 9.17) is 0 Å². The summed E-state index contributed by atoms with van der Waals surface area (Å²) in [5.41, 5.74) is 1.21. The largest absolute Gasteiger partial charge is 0.359 e. The molecule has 1 fully saturated rings. The van der Waals surface area contributed by atoms with Gasteiger partial charge < -0.3 is 15.2 Å². The SMILES string of the molecule is CNC(=O)CCNCc1cncn1C1CC1. The van der Waals surface area contributed by atoms with Gasteiger partial charge in [0.1, 0.15) is 0 Å². The minimum atomic E-state index is 0.0724. The summed E-state index contributed by atoms with van der Waals surface area (Å²) in [6, 6.07) is 0.665. The van der Waals surface area contributed by atoms with E-state index < -0.39 is 0 Å². The Morgan fingerprint density at radius 3 is 3.12 bits per heavy atom. The van der Waals surface area contributed by atoms with Crippen molar-refractivity contribution in [2.45, 2.75) is 31.8 Å². The van der Waals surface area contributed by atoms with Crippen molar-refractivity contribution in [2.75, 3.05) is 13.6 Å². The minimum Gasteiger partial charge on any atom is -0.359 e. The second kappa shape index (κ2) is 5.12. The second-order valence-electron chi connectivity index (χ2n) is 4.12. The van der Waals surface area contributed by atoms with Crippen molar-refractivity contribution in [3.8, 4) is 0 Å². The van der Waals surface area contributed by atoms with Gasteiger partial charge in [0.2, 0.25) is 5.91 Å². The highest BCUT2D eigenvalue weighted by Crippen LogP contribution is 2.35. The zero-order valence-electron chi connectivity index (χ0n) is 9.57. The van der Waals surface area contributed by atoms with Crippen LogP contribution in [0.15, 0.2) is 12.5 Å². The predicted octanol–water partition coefficient (Wildman–Crippen LogP) is 0.444. The molecule has 0 radical (unpaired) electrons. The first-order valence-electron chi connectivity index (χ1n) is 5.73. The maximum atomic E-state index is 11.0. The van der Waals surface area contributed by atoms with Crippen LogP contribution in [0.5, 0.6) is 0 Å². The summed E-state index contributed by atoms with van der Waals surface area (Å²) in [7, 11) is 1.66. The molecule has 88 valence electrons. The molecular weight excluding hydrogens is 204 g/mol. The molecule has 2 rings (SSSR count). The topological polar surface area (TPSA) is 59.0 Å². The van der Waals surface area contributed by atoms with Crippen molar-refractivity contribution in [2.24, 2.45) is 0 Å². The van der Waals surface area contributed by atoms with E-state index in [2.05, 4.69) is 20.2 Å². The Hall–Kier alpha value is -1.36. The number of nitrogens with one attached hydrogen (secondary N) is 2. The zero-order chi connectivity index (χ0) is 11.4. The normalized spacial score (nSPS) is 15.1. The molecule has 1 saturated carbocycles. The molecule has 1 heterocycles. The van der Waals surface area contributed by atoms with Crippen LogP contribution in [0, 0.1) is 0 Å². The summed E-state index contributed by atoms with van der Waals surface area (Å²) < 4.78 is 2.23. The number of nitrogens with zero attached hydrogens (tertiary/aromatic N) is 2. The number of rotatable bonds is 6. The van der Waals surface area contributed by atoms with Crippen LogP contribution < -0.4 is 10.6 Å². The van der Waals surface area contributed by atoms with E-state index in [1.54, 1.807) is 7.05 Å². The second-order valence-corrected chi connectivity index (χ2v) is 4.12. The van der Waals surface area contributed by atoms with Crippen LogP contribution in [0.1, 0.15) is 31.0 Å². The van der Waals surface area contributed by atoms with E-state index in [0.29, 0.717) is 19.0 Å². The maximum absolute atomic E-state index is 11.0. The molecule has 1 amide bonds. The highest BCUT2D eigenvalue weighted by atomic mass is 16.1. The molecule has 1 aliphatic carbocycles. The van der Waals surface area contributed by atoms with E-state index in [0.717, 1.165) is 6.54 Å². The highest BCUT2D eigenvalue weighted by Gasteiger charge is 2.24. The van der Waals surface area contributed by atoms with Gasteiger partial charge in [-0.2, -0.15) is 0 Å². The summed E-state index contributed by atoms with van der Waals surface area (Å²) in [5.74, 6) is 0.0724. The number of carbonyl (C=O) groups is 1. The van der Waals surface area contributed by atoms with Gasteiger partial charge >= 0.3 is 0 Å². The maximum Gasteiger partial charge on any atom is 0.221 e. The van der Waals surface area contributed by atoms with Crippen LogP contribution in [0.4, 0.5) is 0 Å². The molecule has 1 aromatic heterocycles. The molecule has 0 unspecified atom stereocenters. The van der Waals surface area contributed by atoms with E-state index >= 15 is 0 Å². The van der Waals surface area contributed by atoms with Crippen LogP contribution in [0.2, 0.25) is 0 Å². The summed E-state index contributed by atoms with van der Waals surface area (Å²) in [6.07, 6.45) is 6.84. The molecule has 0 bridgehead atoms. The number of imidazole rings is 1. The van der Waals surface area contributed by atoms with Crippen molar-refractivity contribution in [3.63, 3.8) is 0 Å². The third-order valence-electron chi connectivity index (χ3n) is 2.80. The monoisotopic (exact) mass is 222 g/mol. The summed E-state index contributed by atoms with van der Waals surface area (Å²) in [4.78, 5) is 15.1. The number of hydrogen-bond donors (Lipinski definition) is 2. The molecule has 0 spiro atoms. The fourth-order valence-corrected chi connectivity index (χ4v) is 1.69. The summed E-state index contributed by atoms with van der Waals surface area (Å²) in [6.45, 7) is 1.49. The highest BCUT2D eigenvalue weighted by molar-refractivity contribution is 5.75. The van der Waals surface area contributed by atoms with Gasteiger partial charge in [0.15, 0.2) is 0 Å². The van der Waals surface area contributed by atoms with E-state index in [1.165, 1.54) is 18.5 Å². The molecule has 5 nitrogen and oxygen atoms in total. The van der Waals surface area contributed by atoms with E-state index in [-0.39, 0.29) is 5.91 Å². The summed E-state index contributed by atoms with van der Waals surface area (Å²) >= 11 is 0. The number of amides is 1.